The zero-order chi connectivity index (χ0) is 13.3. The summed E-state index contributed by atoms with van der Waals surface area (Å²) in [6.07, 6.45) is 2.31. The molecule has 0 atom stereocenters. The normalized spacial score (nSPS) is 18.3. The van der Waals surface area contributed by atoms with Gasteiger partial charge < -0.3 is 14.8 Å². The molecule has 0 saturated heterocycles. The van der Waals surface area contributed by atoms with E-state index in [9.17, 15) is 8.42 Å². The van der Waals surface area contributed by atoms with Crippen molar-refractivity contribution in [1.29, 1.82) is 0 Å². The van der Waals surface area contributed by atoms with Crippen LogP contribution in [0.4, 0.5) is 0 Å². The minimum Gasteiger partial charge on any atom is -0.486 e. The van der Waals surface area contributed by atoms with E-state index in [2.05, 4.69) is 5.32 Å². The Morgan fingerprint density at radius 2 is 1.89 bits per heavy atom. The summed E-state index contributed by atoms with van der Waals surface area (Å²) in [7, 11) is -3.26. The summed E-state index contributed by atoms with van der Waals surface area (Å²) in [6, 6.07) is 5.33. The maximum atomic E-state index is 12.2. The molecule has 2 aliphatic rings. The van der Waals surface area contributed by atoms with Gasteiger partial charge in [-0.1, -0.05) is 0 Å². The smallest absolute Gasteiger partial charge is 0.179 e. The van der Waals surface area contributed by atoms with Crippen LogP contribution in [0.25, 0.3) is 0 Å². The van der Waals surface area contributed by atoms with Crippen LogP contribution in [-0.4, -0.2) is 40.0 Å². The first-order chi connectivity index (χ1) is 9.15. The highest BCUT2D eigenvalue weighted by Gasteiger charge is 2.23. The minimum atomic E-state index is -3.26. The predicted octanol–water partition coefficient (Wildman–Crippen LogP) is 0.983. The van der Waals surface area contributed by atoms with Crippen molar-refractivity contribution in [2.45, 2.75) is 23.8 Å². The Bertz CT molecular complexity index is 566. The second kappa shape index (κ2) is 5.02. The lowest BCUT2D eigenvalue weighted by atomic mass is 10.3. The molecule has 0 amide bonds. The molecular weight excluding hydrogens is 266 g/mol. The van der Waals surface area contributed by atoms with Crippen LogP contribution in [0.5, 0.6) is 11.5 Å². The maximum Gasteiger partial charge on any atom is 0.179 e. The Morgan fingerprint density at radius 3 is 2.63 bits per heavy atom. The molecule has 0 bridgehead atoms. The third-order valence-corrected chi connectivity index (χ3v) is 4.97. The summed E-state index contributed by atoms with van der Waals surface area (Å²) in [5, 5.41) is 3.21. The van der Waals surface area contributed by atoms with E-state index >= 15 is 0 Å². The number of fused-ring (bicyclic) bond motifs is 1. The summed E-state index contributed by atoms with van der Waals surface area (Å²) < 4.78 is 35.2. The van der Waals surface area contributed by atoms with Gasteiger partial charge in [0.25, 0.3) is 0 Å². The topological polar surface area (TPSA) is 64.6 Å². The van der Waals surface area contributed by atoms with E-state index in [-0.39, 0.29) is 5.75 Å². The highest BCUT2D eigenvalue weighted by Crippen LogP contribution is 2.32. The van der Waals surface area contributed by atoms with Gasteiger partial charge >= 0.3 is 0 Å². The molecule has 3 rings (SSSR count). The molecule has 0 aromatic heterocycles. The summed E-state index contributed by atoms with van der Waals surface area (Å²) in [4.78, 5) is 0.300. The number of sulfone groups is 1. The summed E-state index contributed by atoms with van der Waals surface area (Å²) in [6.45, 7) is 1.46. The molecule has 1 fully saturated rings. The van der Waals surface area contributed by atoms with Gasteiger partial charge in [-0.25, -0.2) is 8.42 Å². The quantitative estimate of drug-likeness (QED) is 0.873. The van der Waals surface area contributed by atoms with Gasteiger partial charge in [0.2, 0.25) is 0 Å². The van der Waals surface area contributed by atoms with E-state index in [1.165, 1.54) is 0 Å². The third kappa shape index (κ3) is 3.01. The monoisotopic (exact) mass is 283 g/mol. The maximum absolute atomic E-state index is 12.2. The molecule has 104 valence electrons. The Morgan fingerprint density at radius 1 is 1.16 bits per heavy atom. The standard InChI is InChI=1S/C13H17NO4S/c15-19(16,8-5-14-10-1-2-10)11-3-4-12-13(9-11)18-7-6-17-12/h3-4,9-10,14H,1-2,5-8H2. The van der Waals surface area contributed by atoms with E-state index < -0.39 is 9.84 Å². The fraction of sp³-hybridized carbons (Fsp3) is 0.538. The average Bonchev–Trinajstić information content (AvgIpc) is 3.22. The van der Waals surface area contributed by atoms with Crippen molar-refractivity contribution in [1.82, 2.24) is 5.32 Å². The van der Waals surface area contributed by atoms with Gasteiger partial charge in [0.05, 0.1) is 10.6 Å². The van der Waals surface area contributed by atoms with Crippen LogP contribution in [0, 0.1) is 0 Å². The average molecular weight is 283 g/mol. The molecule has 1 aliphatic heterocycles. The van der Waals surface area contributed by atoms with Crippen molar-refractivity contribution in [3.8, 4) is 11.5 Å². The van der Waals surface area contributed by atoms with Crippen LogP contribution in [0.2, 0.25) is 0 Å². The van der Waals surface area contributed by atoms with E-state index in [0.29, 0.717) is 42.2 Å². The fourth-order valence-corrected chi connectivity index (χ4v) is 3.20. The summed E-state index contributed by atoms with van der Waals surface area (Å²) in [5.74, 6) is 1.24. The highest BCUT2D eigenvalue weighted by atomic mass is 32.2. The van der Waals surface area contributed by atoms with Crippen molar-refractivity contribution >= 4 is 9.84 Å². The molecule has 1 aromatic rings. The van der Waals surface area contributed by atoms with Crippen LogP contribution in [0.15, 0.2) is 23.1 Å². The lowest BCUT2D eigenvalue weighted by molar-refractivity contribution is 0.171. The summed E-state index contributed by atoms with van der Waals surface area (Å²) >= 11 is 0. The zero-order valence-electron chi connectivity index (χ0n) is 10.6. The molecule has 0 spiro atoms. The first kappa shape index (κ1) is 12.7. The van der Waals surface area contributed by atoms with E-state index in [0.717, 1.165) is 12.8 Å². The van der Waals surface area contributed by atoms with Gasteiger partial charge in [0.15, 0.2) is 21.3 Å². The van der Waals surface area contributed by atoms with Crippen LogP contribution >= 0.6 is 0 Å². The largest absolute Gasteiger partial charge is 0.486 e. The highest BCUT2D eigenvalue weighted by molar-refractivity contribution is 7.91. The molecule has 1 aliphatic carbocycles. The van der Waals surface area contributed by atoms with Crippen molar-refractivity contribution in [2.24, 2.45) is 0 Å². The van der Waals surface area contributed by atoms with Gasteiger partial charge in [0.1, 0.15) is 13.2 Å². The lowest BCUT2D eigenvalue weighted by Crippen LogP contribution is -2.24. The number of nitrogens with one attached hydrogen (secondary N) is 1. The second-order valence-corrected chi connectivity index (χ2v) is 6.96. The Labute approximate surface area is 112 Å². The van der Waals surface area contributed by atoms with Crippen LogP contribution < -0.4 is 14.8 Å². The minimum absolute atomic E-state index is 0.114. The van der Waals surface area contributed by atoms with Gasteiger partial charge in [0, 0.05) is 18.7 Å². The van der Waals surface area contributed by atoms with Crippen LogP contribution in [0.1, 0.15) is 12.8 Å². The molecule has 5 nitrogen and oxygen atoms in total. The van der Waals surface area contributed by atoms with Gasteiger partial charge in [-0.2, -0.15) is 0 Å². The van der Waals surface area contributed by atoms with Gasteiger partial charge in [-0.05, 0) is 25.0 Å². The lowest BCUT2D eigenvalue weighted by Gasteiger charge is -2.18. The second-order valence-electron chi connectivity index (χ2n) is 4.85. The SMILES string of the molecule is O=S(=O)(CCNC1CC1)c1ccc2c(c1)OCCO2. The predicted molar refractivity (Wildman–Crippen MR) is 70.5 cm³/mol. The molecule has 6 heteroatoms. The number of hydrogen-bond donors (Lipinski definition) is 1. The Kier molecular flexibility index (Phi) is 3.36. The zero-order valence-corrected chi connectivity index (χ0v) is 11.4. The van der Waals surface area contributed by atoms with Crippen molar-refractivity contribution < 1.29 is 17.9 Å². The number of ether oxygens (including phenoxy) is 2. The van der Waals surface area contributed by atoms with Gasteiger partial charge in [-0.3, -0.25) is 0 Å². The summed E-state index contributed by atoms with van der Waals surface area (Å²) in [5.41, 5.74) is 0. The molecule has 1 saturated carbocycles. The molecule has 0 radical (unpaired) electrons. The van der Waals surface area contributed by atoms with E-state index in [4.69, 9.17) is 9.47 Å². The van der Waals surface area contributed by atoms with Crippen LogP contribution in [-0.2, 0) is 9.84 Å². The molecule has 1 heterocycles. The Hall–Kier alpha value is -1.27. The van der Waals surface area contributed by atoms with Crippen LogP contribution in [0.3, 0.4) is 0 Å². The molecule has 1 N–H and O–H groups in total. The van der Waals surface area contributed by atoms with Gasteiger partial charge in [-0.15, -0.1) is 0 Å². The third-order valence-electron chi connectivity index (χ3n) is 3.25. The number of rotatable bonds is 5. The van der Waals surface area contributed by atoms with E-state index in [1.807, 2.05) is 0 Å². The van der Waals surface area contributed by atoms with Crippen molar-refractivity contribution in [3.63, 3.8) is 0 Å². The van der Waals surface area contributed by atoms with Crippen molar-refractivity contribution in [2.75, 3.05) is 25.5 Å². The molecule has 1 aromatic carbocycles. The number of benzene rings is 1. The van der Waals surface area contributed by atoms with Crippen molar-refractivity contribution in [3.05, 3.63) is 18.2 Å². The first-order valence-corrected chi connectivity index (χ1v) is 8.16. The number of hydrogen-bond acceptors (Lipinski definition) is 5. The van der Waals surface area contributed by atoms with E-state index in [1.54, 1.807) is 18.2 Å². The Balaban J connectivity index is 1.72. The molecule has 19 heavy (non-hydrogen) atoms. The fourth-order valence-electron chi connectivity index (χ4n) is 2.02. The molecular formula is C13H17NO4S. The molecule has 0 unspecified atom stereocenters. The first-order valence-electron chi connectivity index (χ1n) is 6.51.